The predicted octanol–water partition coefficient (Wildman–Crippen LogP) is 1.84. The van der Waals surface area contributed by atoms with Crippen LogP contribution in [0.15, 0.2) is 41.7 Å². The van der Waals surface area contributed by atoms with Crippen molar-refractivity contribution >= 4 is 29.4 Å². The number of rotatable bonds is 5. The molecule has 0 aliphatic rings. The van der Waals surface area contributed by atoms with E-state index in [4.69, 9.17) is 0 Å². The summed E-state index contributed by atoms with van der Waals surface area (Å²) in [7, 11) is 0. The Bertz CT molecular complexity index is 1150. The molecule has 1 unspecified atom stereocenters. The van der Waals surface area contributed by atoms with E-state index in [0.29, 0.717) is 16.9 Å². The number of hydrogen-bond acceptors (Lipinski definition) is 8. The number of carbonyl (C=O) groups excluding carboxylic acids is 1. The van der Waals surface area contributed by atoms with Crippen molar-refractivity contribution in [2.45, 2.75) is 31.2 Å². The Labute approximate surface area is 164 Å². The second-order valence-corrected chi connectivity index (χ2v) is 7.53. The lowest BCUT2D eigenvalue weighted by atomic mass is 10.2. The molecule has 0 saturated carbocycles. The second kappa shape index (κ2) is 7.35. The number of thioether (sulfide) groups is 1. The standard InChI is InChI=1S/C17H17N9OS/c1-10-5-4-6-13(9-10)26-17(22-23-24-26)28-12(3)14(27)19-16-21-20-15-18-11(2)7-8-25(15)16/h4-9,12H,1-3H3,(H,19,21,27). The average Bonchev–Trinajstić information content (AvgIpc) is 3.28. The topological polar surface area (TPSA) is 116 Å². The molecule has 142 valence electrons. The maximum atomic E-state index is 12.6. The van der Waals surface area contributed by atoms with Crippen LogP contribution in [0.25, 0.3) is 11.5 Å². The molecule has 3 aromatic heterocycles. The van der Waals surface area contributed by atoms with Crippen LogP contribution in [0.4, 0.5) is 5.95 Å². The number of nitrogens with one attached hydrogen (secondary N) is 1. The fourth-order valence-corrected chi connectivity index (χ4v) is 3.36. The summed E-state index contributed by atoms with van der Waals surface area (Å²) in [5.41, 5.74) is 2.76. The van der Waals surface area contributed by atoms with Gasteiger partial charge in [0.1, 0.15) is 0 Å². The summed E-state index contributed by atoms with van der Waals surface area (Å²) >= 11 is 1.26. The summed E-state index contributed by atoms with van der Waals surface area (Å²) in [6.45, 7) is 5.64. The van der Waals surface area contributed by atoms with E-state index in [9.17, 15) is 4.79 Å². The molecule has 0 radical (unpaired) electrons. The summed E-state index contributed by atoms with van der Waals surface area (Å²) in [6.07, 6.45) is 1.77. The molecule has 0 spiro atoms. The maximum Gasteiger partial charge on any atom is 0.256 e. The first-order valence-corrected chi connectivity index (χ1v) is 9.40. The van der Waals surface area contributed by atoms with Crippen LogP contribution >= 0.6 is 11.8 Å². The summed E-state index contributed by atoms with van der Waals surface area (Å²) in [5, 5.41) is 22.6. The molecular formula is C17H17N9OS. The van der Waals surface area contributed by atoms with Crippen molar-refractivity contribution in [3.63, 3.8) is 0 Å². The minimum atomic E-state index is -0.458. The first-order chi connectivity index (χ1) is 13.5. The van der Waals surface area contributed by atoms with E-state index in [0.717, 1.165) is 16.9 Å². The van der Waals surface area contributed by atoms with Crippen LogP contribution in [0.2, 0.25) is 0 Å². The van der Waals surface area contributed by atoms with Crippen molar-refractivity contribution in [1.82, 2.24) is 39.8 Å². The van der Waals surface area contributed by atoms with E-state index < -0.39 is 5.25 Å². The second-order valence-electron chi connectivity index (χ2n) is 6.22. The Hall–Kier alpha value is -3.34. The molecule has 0 saturated heterocycles. The largest absolute Gasteiger partial charge is 0.293 e. The Balaban J connectivity index is 1.50. The van der Waals surface area contributed by atoms with Gasteiger partial charge in [-0.25, -0.2) is 4.98 Å². The molecule has 0 aliphatic heterocycles. The van der Waals surface area contributed by atoms with Crippen molar-refractivity contribution in [2.24, 2.45) is 0 Å². The molecule has 0 aliphatic carbocycles. The molecule has 1 N–H and O–H groups in total. The Morgan fingerprint density at radius 1 is 1.18 bits per heavy atom. The van der Waals surface area contributed by atoms with Crippen LogP contribution in [0.3, 0.4) is 0 Å². The van der Waals surface area contributed by atoms with Gasteiger partial charge >= 0.3 is 0 Å². The van der Waals surface area contributed by atoms with Gasteiger partial charge in [-0.3, -0.25) is 14.5 Å². The number of carbonyl (C=O) groups is 1. The number of anilines is 1. The first kappa shape index (κ1) is 18.0. The monoisotopic (exact) mass is 395 g/mol. The molecule has 4 aromatic rings. The van der Waals surface area contributed by atoms with Gasteiger partial charge in [0, 0.05) is 11.9 Å². The summed E-state index contributed by atoms with van der Waals surface area (Å²) < 4.78 is 3.24. The van der Waals surface area contributed by atoms with E-state index in [1.165, 1.54) is 11.8 Å². The Morgan fingerprint density at radius 2 is 2.04 bits per heavy atom. The van der Waals surface area contributed by atoms with Crippen molar-refractivity contribution in [1.29, 1.82) is 0 Å². The average molecular weight is 395 g/mol. The first-order valence-electron chi connectivity index (χ1n) is 8.52. The number of hydrogen-bond donors (Lipinski definition) is 1. The normalized spacial score (nSPS) is 12.2. The van der Waals surface area contributed by atoms with Gasteiger partial charge in [-0.2, -0.15) is 4.68 Å². The van der Waals surface area contributed by atoms with Gasteiger partial charge in [-0.15, -0.1) is 15.3 Å². The fourth-order valence-electron chi connectivity index (χ4n) is 2.56. The van der Waals surface area contributed by atoms with Crippen molar-refractivity contribution in [3.8, 4) is 5.69 Å². The highest BCUT2D eigenvalue weighted by molar-refractivity contribution is 8.00. The van der Waals surface area contributed by atoms with E-state index in [-0.39, 0.29) is 5.91 Å². The van der Waals surface area contributed by atoms with E-state index in [1.54, 1.807) is 22.2 Å². The van der Waals surface area contributed by atoms with Gasteiger partial charge in [0.05, 0.1) is 10.9 Å². The lowest BCUT2D eigenvalue weighted by molar-refractivity contribution is -0.115. The Kier molecular flexibility index (Phi) is 4.74. The molecule has 0 fully saturated rings. The molecule has 1 aromatic carbocycles. The molecule has 3 heterocycles. The van der Waals surface area contributed by atoms with Gasteiger partial charge in [-0.1, -0.05) is 23.9 Å². The molecule has 10 nitrogen and oxygen atoms in total. The number of fused-ring (bicyclic) bond motifs is 1. The smallest absolute Gasteiger partial charge is 0.256 e. The van der Waals surface area contributed by atoms with Crippen molar-refractivity contribution < 1.29 is 4.79 Å². The van der Waals surface area contributed by atoms with Gasteiger partial charge in [0.2, 0.25) is 17.0 Å². The van der Waals surface area contributed by atoms with Crippen LogP contribution < -0.4 is 5.32 Å². The molecule has 4 rings (SSSR count). The zero-order valence-electron chi connectivity index (χ0n) is 15.4. The van der Waals surface area contributed by atoms with Gasteiger partial charge < -0.3 is 0 Å². The predicted molar refractivity (Wildman–Crippen MR) is 103 cm³/mol. The third-order valence-corrected chi connectivity index (χ3v) is 5.03. The lowest BCUT2D eigenvalue weighted by Gasteiger charge is -2.11. The molecule has 1 amide bonds. The molecule has 1 atom stereocenters. The van der Waals surface area contributed by atoms with Gasteiger partial charge in [0.25, 0.3) is 5.78 Å². The molecule has 28 heavy (non-hydrogen) atoms. The summed E-state index contributed by atoms with van der Waals surface area (Å²) in [6, 6.07) is 9.64. The lowest BCUT2D eigenvalue weighted by Crippen LogP contribution is -2.24. The SMILES string of the molecule is Cc1cccc(-n2nnnc2SC(C)C(=O)Nc2nnc3nc(C)ccn23)c1. The zero-order valence-corrected chi connectivity index (χ0v) is 16.3. The fraction of sp³-hybridized carbons (Fsp3) is 0.235. The minimum absolute atomic E-state index is 0.237. The van der Waals surface area contributed by atoms with Crippen LogP contribution in [0.5, 0.6) is 0 Å². The summed E-state index contributed by atoms with van der Waals surface area (Å²) in [5.74, 6) is 0.510. The van der Waals surface area contributed by atoms with Gasteiger partial charge in [-0.05, 0) is 55.0 Å². The maximum absolute atomic E-state index is 12.6. The van der Waals surface area contributed by atoms with E-state index in [1.807, 2.05) is 44.2 Å². The molecule has 0 bridgehead atoms. The third kappa shape index (κ3) is 3.56. The highest BCUT2D eigenvalue weighted by Crippen LogP contribution is 2.24. The number of aryl methyl sites for hydroxylation is 2. The van der Waals surface area contributed by atoms with Crippen LogP contribution in [0, 0.1) is 13.8 Å². The third-order valence-electron chi connectivity index (χ3n) is 3.99. The van der Waals surface area contributed by atoms with Crippen molar-refractivity contribution in [3.05, 3.63) is 47.8 Å². The quantitative estimate of drug-likeness (QED) is 0.509. The minimum Gasteiger partial charge on any atom is -0.293 e. The Morgan fingerprint density at radius 3 is 2.86 bits per heavy atom. The van der Waals surface area contributed by atoms with Crippen molar-refractivity contribution in [2.75, 3.05) is 5.32 Å². The van der Waals surface area contributed by atoms with Crippen LogP contribution in [-0.4, -0.2) is 50.9 Å². The number of amides is 1. The molecule has 11 heteroatoms. The molecular weight excluding hydrogens is 378 g/mol. The highest BCUT2D eigenvalue weighted by atomic mass is 32.2. The summed E-state index contributed by atoms with van der Waals surface area (Å²) in [4.78, 5) is 16.9. The van der Waals surface area contributed by atoms with Crippen LogP contribution in [0.1, 0.15) is 18.2 Å². The number of nitrogens with zero attached hydrogens (tertiary/aromatic N) is 8. The highest BCUT2D eigenvalue weighted by Gasteiger charge is 2.21. The number of aromatic nitrogens is 8. The zero-order chi connectivity index (χ0) is 19.7. The van der Waals surface area contributed by atoms with E-state index in [2.05, 4.69) is 36.0 Å². The van der Waals surface area contributed by atoms with Gasteiger partial charge in [0.15, 0.2) is 0 Å². The number of tetrazole rings is 1. The van der Waals surface area contributed by atoms with E-state index >= 15 is 0 Å². The number of benzene rings is 1. The van der Waals surface area contributed by atoms with Crippen LogP contribution in [-0.2, 0) is 4.79 Å².